The second-order valence-electron chi connectivity index (χ2n) is 11.1. The predicted octanol–water partition coefficient (Wildman–Crippen LogP) is 5.30. The molecule has 1 amide bonds. The molecule has 36 heavy (non-hydrogen) atoms. The van der Waals surface area contributed by atoms with Gasteiger partial charge in [0.05, 0.1) is 41.6 Å². The van der Waals surface area contributed by atoms with E-state index in [-0.39, 0.29) is 18.1 Å². The number of ether oxygens (including phenoxy) is 1. The highest BCUT2D eigenvalue weighted by atomic mass is 35.5. The molecule has 6 rings (SSSR count). The van der Waals surface area contributed by atoms with E-state index in [9.17, 15) is 4.79 Å². The van der Waals surface area contributed by atoms with E-state index in [0.717, 1.165) is 48.5 Å². The van der Waals surface area contributed by atoms with E-state index in [1.807, 2.05) is 10.9 Å². The van der Waals surface area contributed by atoms with Gasteiger partial charge < -0.3 is 14.6 Å². The monoisotopic (exact) mass is 510 g/mol. The lowest BCUT2D eigenvalue weighted by Crippen LogP contribution is -2.46. The smallest absolute Gasteiger partial charge is 0.414 e. The van der Waals surface area contributed by atoms with Crippen molar-refractivity contribution in [2.24, 2.45) is 5.41 Å². The van der Waals surface area contributed by atoms with E-state index >= 15 is 0 Å². The molecule has 4 heterocycles. The number of fused-ring (bicyclic) bond motifs is 3. The largest absolute Gasteiger partial charge is 0.452 e. The van der Waals surface area contributed by atoms with Crippen molar-refractivity contribution in [3.05, 3.63) is 40.9 Å². The van der Waals surface area contributed by atoms with Gasteiger partial charge in [-0.2, -0.15) is 5.10 Å². The number of imidazole rings is 1. The maximum atomic E-state index is 12.6. The second-order valence-corrected chi connectivity index (χ2v) is 11.5. The highest BCUT2D eigenvalue weighted by molar-refractivity contribution is 6.30. The summed E-state index contributed by atoms with van der Waals surface area (Å²) in [5, 5.41) is 8.58. The van der Waals surface area contributed by atoms with Crippen LogP contribution < -0.4 is 10.2 Å². The third kappa shape index (κ3) is 3.89. The van der Waals surface area contributed by atoms with Crippen LogP contribution in [0.3, 0.4) is 0 Å². The lowest BCUT2D eigenvalue weighted by molar-refractivity contribution is 0.0289. The number of rotatable bonds is 4. The van der Waals surface area contributed by atoms with Gasteiger partial charge in [0.2, 0.25) is 0 Å². The van der Waals surface area contributed by atoms with E-state index in [2.05, 4.69) is 41.0 Å². The number of amides is 1. The minimum Gasteiger partial charge on any atom is -0.452 e. The Morgan fingerprint density at radius 2 is 2.08 bits per heavy atom. The molecule has 1 aliphatic carbocycles. The standard InChI is InChI=1S/C27H35ClN6O2/c1-17(15-32-16-19(28)14-30-32)25-31-24-21-5-4-18(2)33(26(35)36-3)22(21)6-7-23(24)34(25)20-12-27(13-20)8-10-29-11-9-27/h6-7,14,16-18,20,29H,4-5,8-13,15H2,1-3H3/t17-,18+/m1/s1. The van der Waals surface area contributed by atoms with Gasteiger partial charge in [0.15, 0.2) is 0 Å². The molecule has 3 aliphatic rings. The number of nitrogens with zero attached hydrogens (tertiary/aromatic N) is 5. The summed E-state index contributed by atoms with van der Waals surface area (Å²) in [6, 6.07) is 4.81. The Balaban J connectivity index is 1.43. The van der Waals surface area contributed by atoms with Crippen molar-refractivity contribution >= 4 is 34.4 Å². The van der Waals surface area contributed by atoms with Gasteiger partial charge in [-0.1, -0.05) is 18.5 Å². The average Bonchev–Trinajstić information content (AvgIpc) is 3.45. The molecule has 2 atom stereocenters. The number of anilines is 1. The summed E-state index contributed by atoms with van der Waals surface area (Å²) in [5.74, 6) is 1.26. The fourth-order valence-electron chi connectivity index (χ4n) is 6.81. The first-order valence-electron chi connectivity index (χ1n) is 13.2. The maximum Gasteiger partial charge on any atom is 0.414 e. The van der Waals surface area contributed by atoms with Gasteiger partial charge in [-0.25, -0.2) is 9.78 Å². The van der Waals surface area contributed by atoms with Crippen molar-refractivity contribution in [3.63, 3.8) is 0 Å². The first-order valence-corrected chi connectivity index (χ1v) is 13.6. The number of carbonyl (C=O) groups excluding carboxylic acids is 1. The van der Waals surface area contributed by atoms with Gasteiger partial charge >= 0.3 is 6.09 Å². The van der Waals surface area contributed by atoms with E-state index in [4.69, 9.17) is 21.3 Å². The highest BCUT2D eigenvalue weighted by Gasteiger charge is 2.46. The molecule has 1 N–H and O–H groups in total. The lowest BCUT2D eigenvalue weighted by atomic mass is 9.60. The number of hydrogen-bond acceptors (Lipinski definition) is 5. The summed E-state index contributed by atoms with van der Waals surface area (Å²) in [5.41, 5.74) is 4.76. The van der Waals surface area contributed by atoms with E-state index < -0.39 is 0 Å². The quantitative estimate of drug-likeness (QED) is 0.515. The van der Waals surface area contributed by atoms with Crippen LogP contribution >= 0.6 is 11.6 Å². The molecule has 1 aromatic carbocycles. The Morgan fingerprint density at radius 3 is 2.78 bits per heavy atom. The van der Waals surface area contributed by atoms with Gasteiger partial charge in [0.25, 0.3) is 0 Å². The summed E-state index contributed by atoms with van der Waals surface area (Å²) in [7, 11) is 1.45. The molecular weight excluding hydrogens is 476 g/mol. The number of piperidine rings is 1. The van der Waals surface area contributed by atoms with E-state index in [1.165, 1.54) is 38.3 Å². The number of halogens is 1. The topological polar surface area (TPSA) is 77.2 Å². The highest BCUT2D eigenvalue weighted by Crippen LogP contribution is 2.55. The number of hydrogen-bond donors (Lipinski definition) is 1. The second kappa shape index (κ2) is 9.06. The van der Waals surface area contributed by atoms with Crippen LogP contribution in [0.15, 0.2) is 24.5 Å². The Labute approximate surface area is 216 Å². The maximum absolute atomic E-state index is 12.6. The van der Waals surface area contributed by atoms with Crippen LogP contribution in [0, 0.1) is 5.41 Å². The molecule has 1 saturated heterocycles. The van der Waals surface area contributed by atoms with Gasteiger partial charge in [-0.05, 0) is 76.1 Å². The molecule has 0 unspecified atom stereocenters. The van der Waals surface area contributed by atoms with Crippen LogP contribution in [0.1, 0.15) is 69.3 Å². The van der Waals surface area contributed by atoms with Gasteiger partial charge in [0, 0.05) is 29.8 Å². The average molecular weight is 511 g/mol. The van der Waals surface area contributed by atoms with Crippen molar-refractivity contribution in [1.82, 2.24) is 24.6 Å². The minimum absolute atomic E-state index is 0.0962. The molecule has 0 radical (unpaired) electrons. The summed E-state index contributed by atoms with van der Waals surface area (Å²) in [6.07, 6.45) is 9.97. The summed E-state index contributed by atoms with van der Waals surface area (Å²) < 4.78 is 9.55. The molecule has 1 spiro atoms. The van der Waals surface area contributed by atoms with Gasteiger partial charge in [0.1, 0.15) is 5.82 Å². The van der Waals surface area contributed by atoms with Gasteiger partial charge in [-0.3, -0.25) is 9.58 Å². The van der Waals surface area contributed by atoms with Crippen LogP contribution in [0.5, 0.6) is 0 Å². The number of methoxy groups -OCH3 is 1. The Hall–Kier alpha value is -2.58. The zero-order valence-corrected chi connectivity index (χ0v) is 22.1. The number of carbonyl (C=O) groups is 1. The van der Waals surface area contributed by atoms with Gasteiger partial charge in [-0.15, -0.1) is 0 Å². The van der Waals surface area contributed by atoms with Crippen LogP contribution in [0.2, 0.25) is 5.02 Å². The predicted molar refractivity (Wildman–Crippen MR) is 141 cm³/mol. The van der Waals surface area contributed by atoms with Crippen molar-refractivity contribution in [2.45, 2.75) is 76.9 Å². The zero-order chi connectivity index (χ0) is 25.0. The van der Waals surface area contributed by atoms with Crippen LogP contribution in [0.25, 0.3) is 11.0 Å². The summed E-state index contributed by atoms with van der Waals surface area (Å²) >= 11 is 6.14. The molecule has 2 aromatic heterocycles. The fourth-order valence-corrected chi connectivity index (χ4v) is 6.97. The molecule has 2 fully saturated rings. The molecule has 8 nitrogen and oxygen atoms in total. The normalized spacial score (nSPS) is 22.4. The van der Waals surface area contributed by atoms with Crippen molar-refractivity contribution < 1.29 is 9.53 Å². The molecule has 0 bridgehead atoms. The summed E-state index contributed by atoms with van der Waals surface area (Å²) in [4.78, 5) is 19.7. The minimum atomic E-state index is -0.307. The Bertz CT molecular complexity index is 1280. The van der Waals surface area contributed by atoms with Crippen molar-refractivity contribution in [2.75, 3.05) is 25.1 Å². The Kier molecular flexibility index (Phi) is 5.99. The molecule has 9 heteroatoms. The number of aryl methyl sites for hydroxylation is 1. The summed E-state index contributed by atoms with van der Waals surface area (Å²) in [6.45, 7) is 7.26. The van der Waals surface area contributed by atoms with Crippen LogP contribution in [-0.4, -0.2) is 51.7 Å². The zero-order valence-electron chi connectivity index (χ0n) is 21.3. The van der Waals surface area contributed by atoms with Crippen LogP contribution in [0.4, 0.5) is 10.5 Å². The molecular formula is C27H35ClN6O2. The number of nitrogens with one attached hydrogen (secondary N) is 1. The number of benzene rings is 1. The van der Waals surface area contributed by atoms with E-state index in [1.54, 1.807) is 11.1 Å². The first kappa shape index (κ1) is 23.8. The number of aromatic nitrogens is 4. The SMILES string of the molecule is COC(=O)N1c2ccc3c(nc([C@H](C)Cn4cc(Cl)cn4)n3C3CC4(CCNCC4)C3)c2CC[C@@H]1C. The van der Waals surface area contributed by atoms with E-state index in [0.29, 0.717) is 23.0 Å². The molecule has 192 valence electrons. The van der Waals surface area contributed by atoms with Crippen molar-refractivity contribution in [1.29, 1.82) is 0 Å². The third-order valence-corrected chi connectivity index (χ3v) is 8.92. The molecule has 3 aromatic rings. The van der Waals surface area contributed by atoms with Crippen LogP contribution in [-0.2, 0) is 17.7 Å². The molecule has 2 aliphatic heterocycles. The lowest BCUT2D eigenvalue weighted by Gasteiger charge is -2.51. The fraction of sp³-hybridized carbons (Fsp3) is 0.593. The third-order valence-electron chi connectivity index (χ3n) is 8.72. The first-order chi connectivity index (χ1) is 17.4. The Morgan fingerprint density at radius 1 is 1.31 bits per heavy atom. The molecule has 1 saturated carbocycles. The van der Waals surface area contributed by atoms with Crippen molar-refractivity contribution in [3.8, 4) is 0 Å².